The zero-order chi connectivity index (χ0) is 14.7. The molecule has 1 aromatic carbocycles. The van der Waals surface area contributed by atoms with Crippen molar-refractivity contribution in [2.45, 2.75) is 19.9 Å². The molecule has 0 bridgehead atoms. The fourth-order valence-electron chi connectivity index (χ4n) is 1.94. The number of nitrogens with zero attached hydrogens (tertiary/aromatic N) is 2. The number of imidazole rings is 1. The quantitative estimate of drug-likeness (QED) is 0.904. The van der Waals surface area contributed by atoms with Gasteiger partial charge in [0.1, 0.15) is 5.82 Å². The highest BCUT2D eigenvalue weighted by molar-refractivity contribution is 9.10. The minimum absolute atomic E-state index is 0.129. The molecule has 0 aliphatic carbocycles. The van der Waals surface area contributed by atoms with Crippen LogP contribution in [0.5, 0.6) is 0 Å². The van der Waals surface area contributed by atoms with Gasteiger partial charge in [-0.15, -0.1) is 0 Å². The van der Waals surface area contributed by atoms with Crippen LogP contribution in [-0.4, -0.2) is 29.3 Å². The van der Waals surface area contributed by atoms with E-state index in [1.54, 1.807) is 19.2 Å². The molecule has 0 saturated carbocycles. The Labute approximate surface area is 126 Å². The summed E-state index contributed by atoms with van der Waals surface area (Å²) >= 11 is 3.20. The number of rotatable bonds is 5. The summed E-state index contributed by atoms with van der Waals surface area (Å²) in [5, 5.41) is 3.28. The number of benzene rings is 1. The molecular formula is C14H17BrFN3O. The average Bonchev–Trinajstić information content (AvgIpc) is 2.74. The van der Waals surface area contributed by atoms with Gasteiger partial charge in [0.25, 0.3) is 0 Å². The molecule has 1 aromatic heterocycles. The Kier molecular flexibility index (Phi) is 4.77. The summed E-state index contributed by atoms with van der Waals surface area (Å²) in [6, 6.07) is 5.00. The van der Waals surface area contributed by atoms with Gasteiger partial charge in [-0.25, -0.2) is 9.37 Å². The number of ether oxygens (including phenoxy) is 1. The topological polar surface area (TPSA) is 39.1 Å². The molecule has 0 radical (unpaired) electrons. The summed E-state index contributed by atoms with van der Waals surface area (Å²) in [4.78, 5) is 4.45. The lowest BCUT2D eigenvalue weighted by Gasteiger charge is -2.15. The second kappa shape index (κ2) is 6.37. The predicted molar refractivity (Wildman–Crippen MR) is 80.9 cm³/mol. The number of halogens is 2. The van der Waals surface area contributed by atoms with Crippen LogP contribution in [-0.2, 0) is 4.74 Å². The molecule has 1 N–H and O–H groups in total. The lowest BCUT2D eigenvalue weighted by molar-refractivity contribution is 0.190. The van der Waals surface area contributed by atoms with E-state index in [1.165, 1.54) is 6.07 Å². The summed E-state index contributed by atoms with van der Waals surface area (Å²) in [6.45, 7) is 4.51. The van der Waals surface area contributed by atoms with Crippen molar-refractivity contribution in [2.75, 3.05) is 19.0 Å². The monoisotopic (exact) mass is 341 g/mol. The van der Waals surface area contributed by atoms with Gasteiger partial charge in [-0.3, -0.25) is 4.57 Å². The highest BCUT2D eigenvalue weighted by Crippen LogP contribution is 2.23. The van der Waals surface area contributed by atoms with E-state index in [-0.39, 0.29) is 11.9 Å². The smallest absolute Gasteiger partial charge is 0.208 e. The lowest BCUT2D eigenvalue weighted by Crippen LogP contribution is -2.22. The van der Waals surface area contributed by atoms with Gasteiger partial charge in [-0.1, -0.05) is 0 Å². The maximum atomic E-state index is 13.3. The van der Waals surface area contributed by atoms with Crippen LogP contribution in [0.4, 0.5) is 10.3 Å². The minimum Gasteiger partial charge on any atom is -0.383 e. The number of nitrogens with one attached hydrogen (secondary N) is 1. The Balaban J connectivity index is 2.33. The van der Waals surface area contributed by atoms with Crippen molar-refractivity contribution in [1.82, 2.24) is 9.55 Å². The molecule has 0 aliphatic rings. The van der Waals surface area contributed by atoms with Gasteiger partial charge in [0.15, 0.2) is 0 Å². The van der Waals surface area contributed by atoms with Crippen LogP contribution in [0, 0.1) is 12.7 Å². The first-order valence-corrected chi connectivity index (χ1v) is 7.07. The molecule has 0 fully saturated rings. The Morgan fingerprint density at radius 2 is 2.25 bits per heavy atom. The van der Waals surface area contributed by atoms with Crippen molar-refractivity contribution in [1.29, 1.82) is 0 Å². The van der Waals surface area contributed by atoms with Gasteiger partial charge in [0.05, 0.1) is 16.8 Å². The van der Waals surface area contributed by atoms with Crippen molar-refractivity contribution in [2.24, 2.45) is 0 Å². The van der Waals surface area contributed by atoms with Crippen molar-refractivity contribution in [3.63, 3.8) is 0 Å². The van der Waals surface area contributed by atoms with Crippen LogP contribution in [0.15, 0.2) is 28.9 Å². The molecule has 0 aliphatic heterocycles. The molecule has 20 heavy (non-hydrogen) atoms. The molecule has 4 nitrogen and oxygen atoms in total. The molecule has 0 spiro atoms. The lowest BCUT2D eigenvalue weighted by atomic mass is 10.3. The summed E-state index contributed by atoms with van der Waals surface area (Å²) in [5.74, 6) is 0.429. The van der Waals surface area contributed by atoms with Gasteiger partial charge in [-0.2, -0.15) is 0 Å². The third-order valence-corrected chi connectivity index (χ3v) is 3.41. The minimum atomic E-state index is -0.284. The van der Waals surface area contributed by atoms with E-state index in [9.17, 15) is 4.39 Å². The number of hydrogen-bond acceptors (Lipinski definition) is 3. The first kappa shape index (κ1) is 15.0. The molecule has 108 valence electrons. The predicted octanol–water partition coefficient (Wildman–Crippen LogP) is 3.53. The zero-order valence-electron chi connectivity index (χ0n) is 11.7. The van der Waals surface area contributed by atoms with E-state index >= 15 is 0 Å². The van der Waals surface area contributed by atoms with Crippen LogP contribution in [0.3, 0.4) is 0 Å². The van der Waals surface area contributed by atoms with E-state index in [0.29, 0.717) is 17.0 Å². The van der Waals surface area contributed by atoms with Crippen LogP contribution in [0.25, 0.3) is 5.69 Å². The average molecular weight is 342 g/mol. The van der Waals surface area contributed by atoms with Crippen molar-refractivity contribution in [3.05, 3.63) is 40.4 Å². The van der Waals surface area contributed by atoms with Crippen molar-refractivity contribution in [3.8, 4) is 5.69 Å². The summed E-state index contributed by atoms with van der Waals surface area (Å²) in [5.41, 5.74) is 1.73. The summed E-state index contributed by atoms with van der Waals surface area (Å²) < 4.78 is 20.8. The first-order chi connectivity index (χ1) is 9.51. The summed E-state index contributed by atoms with van der Waals surface area (Å²) in [7, 11) is 1.66. The van der Waals surface area contributed by atoms with Gasteiger partial charge in [0.2, 0.25) is 5.95 Å². The number of hydrogen-bond donors (Lipinski definition) is 1. The molecule has 2 rings (SSSR count). The molecule has 1 heterocycles. The van der Waals surface area contributed by atoms with Crippen LogP contribution < -0.4 is 5.32 Å². The van der Waals surface area contributed by atoms with Crippen LogP contribution in [0.2, 0.25) is 0 Å². The van der Waals surface area contributed by atoms with Gasteiger partial charge < -0.3 is 10.1 Å². The number of anilines is 1. The highest BCUT2D eigenvalue weighted by atomic mass is 79.9. The highest BCUT2D eigenvalue weighted by Gasteiger charge is 2.11. The fourth-order valence-corrected chi connectivity index (χ4v) is 2.31. The SMILES string of the molecule is COCC(C)Nc1nc(C)cn1-c1ccc(F)c(Br)c1. The second-order valence-corrected chi connectivity index (χ2v) is 5.53. The third kappa shape index (κ3) is 3.37. The molecule has 1 atom stereocenters. The van der Waals surface area contributed by atoms with Gasteiger partial charge in [0, 0.05) is 25.0 Å². The molecule has 0 amide bonds. The van der Waals surface area contributed by atoms with E-state index in [4.69, 9.17) is 4.74 Å². The standard InChI is InChI=1S/C14H17BrFN3O/c1-9-7-19(11-4-5-13(16)12(15)6-11)14(17-9)18-10(2)8-20-3/h4-7,10H,8H2,1-3H3,(H,17,18). The Bertz CT molecular complexity index is 600. The Morgan fingerprint density at radius 1 is 1.50 bits per heavy atom. The maximum absolute atomic E-state index is 13.3. The van der Waals surface area contributed by atoms with E-state index in [2.05, 4.69) is 26.2 Å². The van der Waals surface area contributed by atoms with Gasteiger partial charge >= 0.3 is 0 Å². The second-order valence-electron chi connectivity index (χ2n) is 4.68. The van der Waals surface area contributed by atoms with E-state index in [0.717, 1.165) is 11.4 Å². The largest absolute Gasteiger partial charge is 0.383 e. The molecule has 2 aromatic rings. The van der Waals surface area contributed by atoms with Crippen LogP contribution in [0.1, 0.15) is 12.6 Å². The summed E-state index contributed by atoms with van der Waals surface area (Å²) in [6.07, 6.45) is 1.90. The van der Waals surface area contributed by atoms with Crippen molar-refractivity contribution < 1.29 is 9.13 Å². The van der Waals surface area contributed by atoms with Crippen molar-refractivity contribution >= 4 is 21.9 Å². The number of aromatic nitrogens is 2. The normalized spacial score (nSPS) is 12.4. The first-order valence-electron chi connectivity index (χ1n) is 6.28. The van der Waals surface area contributed by atoms with E-state index < -0.39 is 0 Å². The molecule has 6 heteroatoms. The van der Waals surface area contributed by atoms with E-state index in [1.807, 2.05) is 24.6 Å². The molecule has 1 unspecified atom stereocenters. The number of methoxy groups -OCH3 is 1. The molecular weight excluding hydrogens is 325 g/mol. The Hall–Kier alpha value is -1.40. The molecule has 0 saturated heterocycles. The van der Waals surface area contributed by atoms with Crippen LogP contribution >= 0.6 is 15.9 Å². The zero-order valence-corrected chi connectivity index (χ0v) is 13.2. The third-order valence-electron chi connectivity index (χ3n) is 2.80. The fraction of sp³-hybridized carbons (Fsp3) is 0.357. The Morgan fingerprint density at radius 3 is 2.90 bits per heavy atom. The van der Waals surface area contributed by atoms with Gasteiger partial charge in [-0.05, 0) is 48.0 Å². The maximum Gasteiger partial charge on any atom is 0.208 e. The number of aryl methyl sites for hydroxylation is 1.